The number of carbonyl (C=O) groups is 1. The summed E-state index contributed by atoms with van der Waals surface area (Å²) in [5.41, 5.74) is -0.330. The Morgan fingerprint density at radius 1 is 1.38 bits per heavy atom. The van der Waals surface area contributed by atoms with E-state index in [0.29, 0.717) is 11.5 Å². The predicted octanol–water partition coefficient (Wildman–Crippen LogP) is 2.34. The molecule has 0 amide bonds. The van der Waals surface area contributed by atoms with Crippen LogP contribution in [0, 0.1) is 12.3 Å². The highest BCUT2D eigenvalue weighted by molar-refractivity contribution is 7.99. The van der Waals surface area contributed by atoms with Crippen LogP contribution in [0.3, 0.4) is 0 Å². The molecule has 0 saturated heterocycles. The largest absolute Gasteiger partial charge is 0.478 e. The molecule has 0 saturated carbocycles. The van der Waals surface area contributed by atoms with E-state index in [1.165, 1.54) is 11.8 Å². The Kier molecular flexibility index (Phi) is 6.84. The third-order valence-electron chi connectivity index (χ3n) is 2.27. The smallest absolute Gasteiger partial charge is 0.337 e. The third kappa shape index (κ3) is 5.09. The van der Waals surface area contributed by atoms with Gasteiger partial charge >= 0.3 is 5.97 Å². The second-order valence-electron chi connectivity index (χ2n) is 3.72. The second-order valence-corrected chi connectivity index (χ2v) is 7.38. The molecule has 1 rings (SSSR count). The quantitative estimate of drug-likeness (QED) is 0.570. The fraction of sp³-hybridized carbons (Fsp3) is 0.250. The van der Waals surface area contributed by atoms with Crippen LogP contribution in [0.25, 0.3) is 0 Å². The molecule has 0 aliphatic heterocycles. The van der Waals surface area contributed by atoms with E-state index in [-0.39, 0.29) is 27.0 Å². The Morgan fingerprint density at radius 2 is 2.05 bits per heavy atom. The molecule has 0 bridgehead atoms. The van der Waals surface area contributed by atoms with E-state index in [1.807, 2.05) is 0 Å². The number of aromatic carboxylic acids is 1. The van der Waals surface area contributed by atoms with Crippen molar-refractivity contribution >= 4 is 51.0 Å². The van der Waals surface area contributed by atoms with Gasteiger partial charge in [0, 0.05) is 12.3 Å². The number of thioether (sulfide) groups is 1. The monoisotopic (exact) mass is 367 g/mol. The summed E-state index contributed by atoms with van der Waals surface area (Å²) in [6, 6.07) is 2.03. The molecule has 1 aromatic carbocycles. The first kappa shape index (κ1) is 18.1. The molecule has 2 N–H and O–H groups in total. The molecule has 0 unspecified atom stereocenters. The molecule has 9 heteroatoms. The number of hydrogen-bond acceptors (Lipinski definition) is 4. The SMILES string of the molecule is C#CCSCCNS(=O)(=O)c1cc(C(=O)O)c(Cl)cc1Cl. The van der Waals surface area contributed by atoms with Crippen LogP contribution in [0.5, 0.6) is 0 Å². The van der Waals surface area contributed by atoms with Gasteiger partial charge in [0.05, 0.1) is 21.4 Å². The van der Waals surface area contributed by atoms with Gasteiger partial charge in [-0.25, -0.2) is 17.9 Å². The van der Waals surface area contributed by atoms with E-state index < -0.39 is 16.0 Å². The highest BCUT2D eigenvalue weighted by Crippen LogP contribution is 2.28. The van der Waals surface area contributed by atoms with Gasteiger partial charge in [-0.05, 0) is 12.1 Å². The lowest BCUT2D eigenvalue weighted by Gasteiger charge is -2.10. The van der Waals surface area contributed by atoms with Crippen LogP contribution in [-0.4, -0.2) is 37.5 Å². The van der Waals surface area contributed by atoms with E-state index in [9.17, 15) is 13.2 Å². The number of hydrogen-bond donors (Lipinski definition) is 2. The Balaban J connectivity index is 2.95. The van der Waals surface area contributed by atoms with Gasteiger partial charge in [0.25, 0.3) is 0 Å². The molecular formula is C12H11Cl2NO4S2. The molecule has 0 aliphatic rings. The molecule has 0 spiro atoms. The summed E-state index contributed by atoms with van der Waals surface area (Å²) < 4.78 is 26.5. The van der Waals surface area contributed by atoms with Crippen LogP contribution in [0.1, 0.15) is 10.4 Å². The lowest BCUT2D eigenvalue weighted by atomic mass is 10.2. The van der Waals surface area contributed by atoms with Crippen LogP contribution in [0.4, 0.5) is 0 Å². The van der Waals surface area contributed by atoms with Crippen LogP contribution in [0.2, 0.25) is 10.0 Å². The molecule has 0 heterocycles. The first-order valence-corrected chi connectivity index (χ1v) is 8.92. The number of sulfonamides is 1. The molecular weight excluding hydrogens is 357 g/mol. The van der Waals surface area contributed by atoms with Crippen molar-refractivity contribution in [3.8, 4) is 12.3 Å². The summed E-state index contributed by atoms with van der Waals surface area (Å²) in [7, 11) is -3.92. The van der Waals surface area contributed by atoms with Crippen molar-refractivity contribution in [2.24, 2.45) is 0 Å². The first-order chi connectivity index (χ1) is 9.79. The zero-order valence-electron chi connectivity index (χ0n) is 10.6. The van der Waals surface area contributed by atoms with Crippen molar-refractivity contribution < 1.29 is 18.3 Å². The Morgan fingerprint density at radius 3 is 2.62 bits per heavy atom. The second kappa shape index (κ2) is 7.92. The van der Waals surface area contributed by atoms with E-state index in [2.05, 4.69) is 10.6 Å². The lowest BCUT2D eigenvalue weighted by molar-refractivity contribution is 0.0697. The van der Waals surface area contributed by atoms with Gasteiger partial charge in [-0.3, -0.25) is 0 Å². The van der Waals surface area contributed by atoms with E-state index in [4.69, 9.17) is 34.7 Å². The highest BCUT2D eigenvalue weighted by Gasteiger charge is 2.22. The van der Waals surface area contributed by atoms with Crippen LogP contribution >= 0.6 is 35.0 Å². The summed E-state index contributed by atoms with van der Waals surface area (Å²) in [4.78, 5) is 10.7. The van der Waals surface area contributed by atoms with Gasteiger partial charge in [-0.1, -0.05) is 29.1 Å². The van der Waals surface area contributed by atoms with Crippen molar-refractivity contribution in [3.63, 3.8) is 0 Å². The Hall–Kier alpha value is -0.910. The first-order valence-electron chi connectivity index (χ1n) is 5.53. The highest BCUT2D eigenvalue weighted by atomic mass is 35.5. The predicted molar refractivity (Wildman–Crippen MR) is 84.8 cm³/mol. The maximum absolute atomic E-state index is 12.1. The zero-order chi connectivity index (χ0) is 16.0. The maximum atomic E-state index is 12.1. The fourth-order valence-corrected chi connectivity index (χ4v) is 3.88. The number of benzene rings is 1. The summed E-state index contributed by atoms with van der Waals surface area (Å²) in [6.07, 6.45) is 5.07. The van der Waals surface area contributed by atoms with Crippen molar-refractivity contribution in [2.45, 2.75) is 4.90 Å². The fourth-order valence-electron chi connectivity index (χ4n) is 1.36. The minimum absolute atomic E-state index is 0.129. The van der Waals surface area contributed by atoms with Gasteiger partial charge in [0.2, 0.25) is 10.0 Å². The summed E-state index contributed by atoms with van der Waals surface area (Å²) >= 11 is 12.9. The maximum Gasteiger partial charge on any atom is 0.337 e. The number of rotatable bonds is 7. The van der Waals surface area contributed by atoms with Gasteiger partial charge in [0.1, 0.15) is 4.90 Å². The van der Waals surface area contributed by atoms with Crippen molar-refractivity contribution in [2.75, 3.05) is 18.1 Å². The Labute approximate surface area is 137 Å². The number of terminal acetylenes is 1. The van der Waals surface area contributed by atoms with E-state index in [0.717, 1.165) is 12.1 Å². The van der Waals surface area contributed by atoms with Crippen molar-refractivity contribution in [1.82, 2.24) is 4.72 Å². The lowest BCUT2D eigenvalue weighted by Crippen LogP contribution is -2.26. The molecule has 0 fully saturated rings. The Bertz CT molecular complexity index is 683. The molecule has 21 heavy (non-hydrogen) atoms. The van der Waals surface area contributed by atoms with Gasteiger partial charge in [0.15, 0.2) is 0 Å². The van der Waals surface area contributed by atoms with E-state index >= 15 is 0 Å². The summed E-state index contributed by atoms with van der Waals surface area (Å²) in [5, 5.41) is 8.68. The van der Waals surface area contributed by atoms with Crippen LogP contribution < -0.4 is 4.72 Å². The number of halogens is 2. The minimum atomic E-state index is -3.92. The molecule has 0 aromatic heterocycles. The molecule has 0 aliphatic carbocycles. The number of carboxylic acid groups (broad SMARTS) is 1. The van der Waals surface area contributed by atoms with Crippen molar-refractivity contribution in [3.05, 3.63) is 27.7 Å². The number of carboxylic acids is 1. The third-order valence-corrected chi connectivity index (χ3v) is 5.37. The minimum Gasteiger partial charge on any atom is -0.478 e. The molecule has 0 atom stereocenters. The average molecular weight is 368 g/mol. The zero-order valence-corrected chi connectivity index (χ0v) is 13.7. The molecule has 5 nitrogen and oxygen atoms in total. The standard InChI is InChI=1S/C12H11Cl2NO4S2/c1-2-4-20-5-3-15-21(18,19)11-6-8(12(16)17)9(13)7-10(11)14/h1,6-7,15H,3-5H2,(H,16,17). The summed E-state index contributed by atoms with van der Waals surface area (Å²) in [6.45, 7) is 0.149. The average Bonchev–Trinajstić information content (AvgIpc) is 2.37. The summed E-state index contributed by atoms with van der Waals surface area (Å²) in [5.74, 6) is 2.05. The van der Waals surface area contributed by atoms with Gasteiger partial charge < -0.3 is 5.11 Å². The molecule has 1 aromatic rings. The van der Waals surface area contributed by atoms with Gasteiger partial charge in [-0.15, -0.1) is 18.2 Å². The number of nitrogens with one attached hydrogen (secondary N) is 1. The van der Waals surface area contributed by atoms with Crippen LogP contribution in [-0.2, 0) is 10.0 Å². The van der Waals surface area contributed by atoms with Crippen LogP contribution in [0.15, 0.2) is 17.0 Å². The molecule has 0 radical (unpaired) electrons. The normalized spacial score (nSPS) is 11.1. The molecule has 114 valence electrons. The van der Waals surface area contributed by atoms with Gasteiger partial charge in [-0.2, -0.15) is 0 Å². The van der Waals surface area contributed by atoms with Crippen molar-refractivity contribution in [1.29, 1.82) is 0 Å². The topological polar surface area (TPSA) is 83.5 Å². The van der Waals surface area contributed by atoms with E-state index in [1.54, 1.807) is 0 Å².